The number of anilines is 1. The van der Waals surface area contributed by atoms with E-state index >= 15 is 0 Å². The predicted molar refractivity (Wildman–Crippen MR) is 148 cm³/mol. The van der Waals surface area contributed by atoms with Gasteiger partial charge in [0.15, 0.2) is 0 Å². The maximum Gasteiger partial charge on any atom is 0.309 e. The first-order valence-electron chi connectivity index (χ1n) is 13.5. The highest BCUT2D eigenvalue weighted by Crippen LogP contribution is 2.36. The Bertz CT molecular complexity index is 1420. The number of likely N-dealkylation sites (tertiary alicyclic amines) is 1. The fraction of sp³-hybridized carbons (Fsp3) is 0.464. The van der Waals surface area contributed by atoms with Crippen LogP contribution >= 0.6 is 23.2 Å². The number of aromatic nitrogens is 4. The Hall–Kier alpha value is -3.17. The molecule has 3 heterocycles. The van der Waals surface area contributed by atoms with E-state index in [0.29, 0.717) is 53.6 Å². The summed E-state index contributed by atoms with van der Waals surface area (Å²) in [5.41, 5.74) is 2.54. The molecule has 9 nitrogen and oxygen atoms in total. The minimum absolute atomic E-state index is 0.0768. The number of carbonyl (C=O) groups excluding carboxylic acids is 2. The van der Waals surface area contributed by atoms with E-state index < -0.39 is 0 Å². The second-order valence-electron chi connectivity index (χ2n) is 10.4. The molecule has 0 spiro atoms. The maximum absolute atomic E-state index is 12.6. The van der Waals surface area contributed by atoms with Crippen LogP contribution in [0, 0.1) is 11.8 Å². The van der Waals surface area contributed by atoms with Gasteiger partial charge < -0.3 is 15.0 Å². The molecule has 1 saturated carbocycles. The number of esters is 1. The Morgan fingerprint density at radius 1 is 1.08 bits per heavy atom. The Morgan fingerprint density at radius 3 is 2.69 bits per heavy atom. The zero-order valence-electron chi connectivity index (χ0n) is 21.7. The third-order valence-electron chi connectivity index (χ3n) is 7.60. The zero-order chi connectivity index (χ0) is 27.1. The molecule has 3 aromatic rings. The molecule has 3 aliphatic rings. The molecule has 2 aliphatic carbocycles. The average Bonchev–Trinajstić information content (AvgIpc) is 3.60. The van der Waals surface area contributed by atoms with Gasteiger partial charge in [0.25, 0.3) is 0 Å². The number of rotatable bonds is 7. The molecule has 2 aromatic heterocycles. The third kappa shape index (κ3) is 5.34. The van der Waals surface area contributed by atoms with Gasteiger partial charge in [-0.15, -0.1) is 0 Å². The highest BCUT2D eigenvalue weighted by molar-refractivity contribution is 6.42. The number of halogens is 2. The number of nitrogens with zero attached hydrogens (tertiary/aromatic N) is 5. The van der Waals surface area contributed by atoms with Crippen molar-refractivity contribution in [3.8, 4) is 17.2 Å². The number of hydrogen-bond donors (Lipinski definition) is 1. The first-order chi connectivity index (χ1) is 18.9. The molecule has 6 rings (SSSR count). The summed E-state index contributed by atoms with van der Waals surface area (Å²) in [6, 6.07) is 7.31. The van der Waals surface area contributed by atoms with Crippen LogP contribution in [0.4, 0.5) is 5.95 Å². The number of hydrogen-bond acceptors (Lipinski definition) is 7. The molecule has 1 unspecified atom stereocenters. The van der Waals surface area contributed by atoms with E-state index in [-0.39, 0.29) is 29.8 Å². The van der Waals surface area contributed by atoms with Crippen molar-refractivity contribution in [1.29, 1.82) is 0 Å². The van der Waals surface area contributed by atoms with Gasteiger partial charge in [-0.3, -0.25) is 14.2 Å². The molecule has 1 aliphatic heterocycles. The van der Waals surface area contributed by atoms with Gasteiger partial charge in [-0.05, 0) is 56.9 Å². The number of benzene rings is 1. The molecule has 1 amide bonds. The topological polar surface area (TPSA) is 102 Å². The van der Waals surface area contributed by atoms with Crippen molar-refractivity contribution >= 4 is 41.0 Å². The van der Waals surface area contributed by atoms with Gasteiger partial charge in [0.05, 0.1) is 28.3 Å². The number of imidazole rings is 1. The summed E-state index contributed by atoms with van der Waals surface area (Å²) in [5.74, 6) is 1.77. The molecule has 1 aromatic carbocycles. The third-order valence-corrected chi connectivity index (χ3v) is 8.33. The fourth-order valence-electron chi connectivity index (χ4n) is 5.52. The van der Waals surface area contributed by atoms with Crippen molar-refractivity contribution in [1.82, 2.24) is 24.4 Å². The summed E-state index contributed by atoms with van der Waals surface area (Å²) >= 11 is 12.5. The van der Waals surface area contributed by atoms with Crippen molar-refractivity contribution in [2.75, 3.05) is 25.0 Å². The van der Waals surface area contributed by atoms with Crippen molar-refractivity contribution in [2.24, 2.45) is 11.8 Å². The van der Waals surface area contributed by atoms with Gasteiger partial charge in [-0.1, -0.05) is 23.2 Å². The quantitative estimate of drug-likeness (QED) is 0.411. The van der Waals surface area contributed by atoms with Crippen molar-refractivity contribution < 1.29 is 14.3 Å². The highest BCUT2D eigenvalue weighted by atomic mass is 35.5. The predicted octanol–water partition coefficient (Wildman–Crippen LogP) is 4.73. The molecular weight excluding hydrogens is 539 g/mol. The number of piperidine rings is 1. The summed E-state index contributed by atoms with van der Waals surface area (Å²) in [7, 11) is 0. The molecule has 1 N–H and O–H groups in total. The van der Waals surface area contributed by atoms with Crippen molar-refractivity contribution in [3.63, 3.8) is 0 Å². The molecular formula is C28H30Cl2N6O3. The van der Waals surface area contributed by atoms with Gasteiger partial charge in [0, 0.05) is 55.3 Å². The second kappa shape index (κ2) is 10.8. The molecule has 2 fully saturated rings. The SMILES string of the molecule is CCOC(=O)C1Cc2nc(-c3ccc(Cl)c(Cl)c3)n(-c3ccnc(N[C@H]4CCCN(C(=O)C5CC5)C4)n3)c2C1. The lowest BCUT2D eigenvalue weighted by atomic mass is 10.1. The van der Waals surface area contributed by atoms with E-state index in [2.05, 4.69) is 10.3 Å². The van der Waals surface area contributed by atoms with Crippen LogP contribution in [0.15, 0.2) is 30.5 Å². The van der Waals surface area contributed by atoms with Crippen LogP contribution in [-0.2, 0) is 27.2 Å². The van der Waals surface area contributed by atoms with E-state index in [9.17, 15) is 9.59 Å². The average molecular weight is 569 g/mol. The molecule has 0 bridgehead atoms. The fourth-order valence-corrected chi connectivity index (χ4v) is 5.82. The molecule has 39 heavy (non-hydrogen) atoms. The maximum atomic E-state index is 12.6. The number of carbonyl (C=O) groups is 2. The molecule has 11 heteroatoms. The van der Waals surface area contributed by atoms with E-state index in [1.165, 1.54) is 0 Å². The smallest absolute Gasteiger partial charge is 0.309 e. The van der Waals surface area contributed by atoms with Gasteiger partial charge in [-0.25, -0.2) is 9.97 Å². The first-order valence-corrected chi connectivity index (χ1v) is 14.3. The summed E-state index contributed by atoms with van der Waals surface area (Å²) in [6.07, 6.45) is 6.61. The minimum atomic E-state index is -0.284. The lowest BCUT2D eigenvalue weighted by Gasteiger charge is -2.33. The summed E-state index contributed by atoms with van der Waals surface area (Å²) in [5, 5.41) is 4.35. The zero-order valence-corrected chi connectivity index (χ0v) is 23.2. The Morgan fingerprint density at radius 2 is 1.92 bits per heavy atom. The number of fused-ring (bicyclic) bond motifs is 1. The summed E-state index contributed by atoms with van der Waals surface area (Å²) < 4.78 is 7.27. The Kier molecular flexibility index (Phi) is 7.20. The van der Waals surface area contributed by atoms with Gasteiger partial charge in [-0.2, -0.15) is 4.98 Å². The van der Waals surface area contributed by atoms with Crippen LogP contribution in [0.1, 0.15) is 44.0 Å². The number of ether oxygens (including phenoxy) is 1. The molecule has 204 valence electrons. The van der Waals surface area contributed by atoms with E-state index in [0.717, 1.165) is 49.2 Å². The first kappa shape index (κ1) is 26.1. The van der Waals surface area contributed by atoms with Crippen molar-refractivity contribution in [2.45, 2.75) is 51.5 Å². The largest absolute Gasteiger partial charge is 0.466 e. The van der Waals surface area contributed by atoms with E-state index in [1.54, 1.807) is 18.3 Å². The lowest BCUT2D eigenvalue weighted by molar-refractivity contribution is -0.147. The summed E-state index contributed by atoms with van der Waals surface area (Å²) in [4.78, 5) is 41.4. The van der Waals surface area contributed by atoms with Gasteiger partial charge in [0.2, 0.25) is 11.9 Å². The van der Waals surface area contributed by atoms with E-state index in [1.807, 2.05) is 28.5 Å². The highest BCUT2D eigenvalue weighted by Gasteiger charge is 2.36. The molecule has 1 saturated heterocycles. The standard InChI is InChI=1S/C28H30Cl2N6O3/c1-2-39-27(38)18-13-22-23(14-18)36(25(33-22)17-7-8-20(29)21(30)12-17)24-9-10-31-28(34-24)32-19-4-3-11-35(15-19)26(37)16-5-6-16/h7-10,12,16,18-19H,2-6,11,13-15H2,1H3,(H,31,32,34)/t18?,19-/m0/s1. The number of nitrogens with one attached hydrogen (secondary N) is 1. The number of amides is 1. The van der Waals surface area contributed by atoms with Crippen molar-refractivity contribution in [3.05, 3.63) is 51.9 Å². The minimum Gasteiger partial charge on any atom is -0.466 e. The van der Waals surface area contributed by atoms with E-state index in [4.69, 9.17) is 37.9 Å². The Labute approximate surface area is 236 Å². The van der Waals surface area contributed by atoms with Crippen LogP contribution in [0.2, 0.25) is 10.0 Å². The monoisotopic (exact) mass is 568 g/mol. The second-order valence-corrected chi connectivity index (χ2v) is 11.2. The summed E-state index contributed by atoms with van der Waals surface area (Å²) in [6.45, 7) is 3.61. The van der Waals surface area contributed by atoms with Crippen LogP contribution in [-0.4, -0.2) is 62.0 Å². The normalized spacial score (nSPS) is 20.5. The van der Waals surface area contributed by atoms with Gasteiger partial charge in [0.1, 0.15) is 11.6 Å². The van der Waals surface area contributed by atoms with Gasteiger partial charge >= 0.3 is 5.97 Å². The molecule has 2 atom stereocenters. The molecule has 0 radical (unpaired) electrons. The Balaban J connectivity index is 1.31. The lowest BCUT2D eigenvalue weighted by Crippen LogP contribution is -2.45. The van der Waals surface area contributed by atoms with Crippen LogP contribution < -0.4 is 5.32 Å². The van der Waals surface area contributed by atoms with Crippen LogP contribution in [0.3, 0.4) is 0 Å². The van der Waals surface area contributed by atoms with Crippen LogP contribution in [0.5, 0.6) is 0 Å². The van der Waals surface area contributed by atoms with Crippen LogP contribution in [0.25, 0.3) is 17.2 Å².